The first-order valence-electron chi connectivity index (χ1n) is 7.76. The van der Waals surface area contributed by atoms with Crippen LogP contribution < -0.4 is 5.11 Å². The molecule has 0 aliphatic rings. The molecule has 0 spiro atoms. The molecule has 0 aliphatic carbocycles. The van der Waals surface area contributed by atoms with Crippen molar-refractivity contribution in [2.75, 3.05) is 0 Å². The summed E-state index contributed by atoms with van der Waals surface area (Å²) in [4.78, 5) is 23.4. The quantitative estimate of drug-likeness (QED) is 0.482. The molecule has 3 rings (SSSR count). The van der Waals surface area contributed by atoms with Gasteiger partial charge < -0.3 is 9.90 Å². The van der Waals surface area contributed by atoms with Gasteiger partial charge in [0.05, 0.1) is 28.0 Å². The standard InChI is InChI=1S/C19H15ClN2O3S/c1-12-14(7-8-15(23)16-9-10-17(26-16)19(24)25)18(20)22(21-12)11-13-5-3-2-4-6-13/h2-10H,11H2,1H3,(H,24,25)/p-1/b8-7+. The summed E-state index contributed by atoms with van der Waals surface area (Å²) < 4.78 is 1.68. The number of carboxylic acid groups (broad SMARTS) is 1. The molecule has 3 aromatic rings. The SMILES string of the molecule is Cc1nn(Cc2ccccc2)c(Cl)c1/C=C/C(=O)c1ccc(C(=O)[O-])s1. The number of carbonyl (C=O) groups excluding carboxylic acids is 2. The predicted octanol–water partition coefficient (Wildman–Crippen LogP) is 3.21. The number of carbonyl (C=O) groups is 2. The summed E-state index contributed by atoms with van der Waals surface area (Å²) in [6.45, 7) is 2.35. The lowest BCUT2D eigenvalue weighted by Crippen LogP contribution is -2.20. The Kier molecular flexibility index (Phi) is 5.35. The number of rotatable bonds is 6. The van der Waals surface area contributed by atoms with Crippen LogP contribution in [0.25, 0.3) is 6.08 Å². The summed E-state index contributed by atoms with van der Waals surface area (Å²) in [6, 6.07) is 12.6. The smallest absolute Gasteiger partial charge is 0.195 e. The van der Waals surface area contributed by atoms with Crippen molar-refractivity contribution in [3.8, 4) is 0 Å². The van der Waals surface area contributed by atoms with Gasteiger partial charge in [-0.1, -0.05) is 41.9 Å². The van der Waals surface area contributed by atoms with Gasteiger partial charge in [-0.3, -0.25) is 4.79 Å². The van der Waals surface area contributed by atoms with Gasteiger partial charge in [-0.15, -0.1) is 11.3 Å². The van der Waals surface area contributed by atoms with E-state index in [1.54, 1.807) is 10.8 Å². The number of halogens is 1. The minimum absolute atomic E-state index is 0.0200. The molecule has 2 aromatic heterocycles. The fourth-order valence-electron chi connectivity index (χ4n) is 2.44. The first-order valence-corrected chi connectivity index (χ1v) is 8.95. The van der Waals surface area contributed by atoms with E-state index in [0.717, 1.165) is 16.9 Å². The van der Waals surface area contributed by atoms with Crippen molar-refractivity contribution in [3.05, 3.63) is 80.3 Å². The molecule has 7 heteroatoms. The molecule has 0 atom stereocenters. The molecule has 0 radical (unpaired) electrons. The van der Waals surface area contributed by atoms with E-state index in [0.29, 0.717) is 27.8 Å². The van der Waals surface area contributed by atoms with Crippen LogP contribution in [-0.4, -0.2) is 21.5 Å². The van der Waals surface area contributed by atoms with Crippen molar-refractivity contribution in [3.63, 3.8) is 0 Å². The Morgan fingerprint density at radius 1 is 1.19 bits per heavy atom. The number of aryl methyl sites for hydroxylation is 1. The van der Waals surface area contributed by atoms with Crippen molar-refractivity contribution in [2.24, 2.45) is 0 Å². The third kappa shape index (κ3) is 3.92. The second-order valence-corrected chi connectivity index (χ2v) is 7.02. The van der Waals surface area contributed by atoms with Gasteiger partial charge in [0, 0.05) is 5.56 Å². The molecule has 26 heavy (non-hydrogen) atoms. The van der Waals surface area contributed by atoms with Crippen molar-refractivity contribution in [1.29, 1.82) is 0 Å². The highest BCUT2D eigenvalue weighted by Crippen LogP contribution is 2.23. The zero-order chi connectivity index (χ0) is 18.7. The van der Waals surface area contributed by atoms with Gasteiger partial charge >= 0.3 is 0 Å². The maximum absolute atomic E-state index is 12.2. The normalized spacial score (nSPS) is 11.2. The van der Waals surface area contributed by atoms with Crippen molar-refractivity contribution < 1.29 is 14.7 Å². The highest BCUT2D eigenvalue weighted by molar-refractivity contribution is 7.16. The minimum atomic E-state index is -1.29. The molecule has 0 aliphatic heterocycles. The molecule has 132 valence electrons. The van der Waals surface area contributed by atoms with Crippen LogP contribution in [-0.2, 0) is 6.54 Å². The van der Waals surface area contributed by atoms with Crippen LogP contribution in [0.1, 0.15) is 36.2 Å². The Labute approximate surface area is 159 Å². The average Bonchev–Trinajstić information content (AvgIpc) is 3.21. The van der Waals surface area contributed by atoms with Gasteiger partial charge in [-0.2, -0.15) is 5.10 Å². The zero-order valence-corrected chi connectivity index (χ0v) is 15.4. The maximum atomic E-state index is 12.2. The molecule has 0 amide bonds. The van der Waals surface area contributed by atoms with E-state index >= 15 is 0 Å². The van der Waals surface area contributed by atoms with Gasteiger partial charge in [-0.25, -0.2) is 4.68 Å². The second kappa shape index (κ2) is 7.68. The van der Waals surface area contributed by atoms with Crippen LogP contribution >= 0.6 is 22.9 Å². The van der Waals surface area contributed by atoms with Crippen molar-refractivity contribution in [1.82, 2.24) is 9.78 Å². The largest absolute Gasteiger partial charge is 0.544 e. The van der Waals surface area contributed by atoms with E-state index in [9.17, 15) is 14.7 Å². The summed E-state index contributed by atoms with van der Waals surface area (Å²) in [7, 11) is 0. The van der Waals surface area contributed by atoms with Crippen LogP contribution in [0, 0.1) is 6.92 Å². The molecule has 2 heterocycles. The van der Waals surface area contributed by atoms with Crippen molar-refractivity contribution >= 4 is 40.8 Å². The molecule has 5 nitrogen and oxygen atoms in total. The van der Waals surface area contributed by atoms with Crippen LogP contribution in [0.3, 0.4) is 0 Å². The van der Waals surface area contributed by atoms with E-state index in [1.807, 2.05) is 37.3 Å². The van der Waals surface area contributed by atoms with E-state index in [-0.39, 0.29) is 10.7 Å². The van der Waals surface area contributed by atoms with Gasteiger partial charge in [0.15, 0.2) is 5.78 Å². The summed E-state index contributed by atoms with van der Waals surface area (Å²) in [6.07, 6.45) is 2.97. The summed E-state index contributed by atoms with van der Waals surface area (Å²) >= 11 is 7.29. The number of nitrogens with zero attached hydrogens (tertiary/aromatic N) is 2. The van der Waals surface area contributed by atoms with Gasteiger partial charge in [-0.05, 0) is 36.8 Å². The number of benzene rings is 1. The lowest BCUT2D eigenvalue weighted by Gasteiger charge is -2.03. The zero-order valence-electron chi connectivity index (χ0n) is 13.8. The highest BCUT2D eigenvalue weighted by atomic mass is 35.5. The number of hydrogen-bond acceptors (Lipinski definition) is 5. The predicted molar refractivity (Wildman–Crippen MR) is 99.5 cm³/mol. The fraction of sp³-hybridized carbons (Fsp3) is 0.105. The molecule has 0 fully saturated rings. The number of thiophene rings is 1. The molecule has 0 N–H and O–H groups in total. The molecule has 1 aromatic carbocycles. The highest BCUT2D eigenvalue weighted by Gasteiger charge is 2.13. The molecule has 0 unspecified atom stereocenters. The molecule has 0 saturated heterocycles. The van der Waals surface area contributed by atoms with Gasteiger partial charge in [0.25, 0.3) is 0 Å². The maximum Gasteiger partial charge on any atom is 0.195 e. The number of aromatic carboxylic acids is 1. The number of ketones is 1. The number of aromatic nitrogens is 2. The Morgan fingerprint density at radius 3 is 2.54 bits per heavy atom. The van der Waals surface area contributed by atoms with E-state index in [4.69, 9.17) is 11.6 Å². The molecule has 0 bridgehead atoms. The van der Waals surface area contributed by atoms with Crippen LogP contribution in [0.15, 0.2) is 48.5 Å². The Hall–Kier alpha value is -2.70. The van der Waals surface area contributed by atoms with Crippen molar-refractivity contribution in [2.45, 2.75) is 13.5 Å². The Morgan fingerprint density at radius 2 is 1.88 bits per heavy atom. The van der Waals surface area contributed by atoms with E-state index < -0.39 is 5.97 Å². The minimum Gasteiger partial charge on any atom is -0.544 e. The van der Waals surface area contributed by atoms with Gasteiger partial charge in [0.2, 0.25) is 0 Å². The van der Waals surface area contributed by atoms with Crippen LogP contribution in [0.2, 0.25) is 5.15 Å². The Bertz CT molecular complexity index is 990. The van der Waals surface area contributed by atoms with Crippen LogP contribution in [0.5, 0.6) is 0 Å². The summed E-state index contributed by atoms with van der Waals surface area (Å²) in [5, 5.41) is 15.7. The number of carboxylic acids is 1. The van der Waals surface area contributed by atoms with E-state index in [2.05, 4.69) is 5.10 Å². The fourth-order valence-corrected chi connectivity index (χ4v) is 3.50. The average molecular weight is 386 g/mol. The number of hydrogen-bond donors (Lipinski definition) is 0. The third-order valence-corrected chi connectivity index (χ3v) is 5.21. The first-order chi connectivity index (χ1) is 12.5. The number of allylic oxidation sites excluding steroid dienone is 1. The molecular weight excluding hydrogens is 372 g/mol. The topological polar surface area (TPSA) is 75.0 Å². The van der Waals surface area contributed by atoms with Crippen LogP contribution in [0.4, 0.5) is 0 Å². The van der Waals surface area contributed by atoms with E-state index in [1.165, 1.54) is 18.2 Å². The molecule has 0 saturated carbocycles. The second-order valence-electron chi connectivity index (χ2n) is 5.58. The lowest BCUT2D eigenvalue weighted by molar-refractivity contribution is -0.254. The summed E-state index contributed by atoms with van der Waals surface area (Å²) in [5.74, 6) is -1.59. The monoisotopic (exact) mass is 385 g/mol. The lowest BCUT2D eigenvalue weighted by atomic mass is 10.2. The van der Waals surface area contributed by atoms with Gasteiger partial charge in [0.1, 0.15) is 5.15 Å². The summed E-state index contributed by atoms with van der Waals surface area (Å²) in [5.41, 5.74) is 2.43. The third-order valence-electron chi connectivity index (χ3n) is 3.74. The molecular formula is C19H14ClN2O3S-. The first kappa shape index (κ1) is 18.1. The Balaban J connectivity index is 1.79.